The van der Waals surface area contributed by atoms with E-state index >= 15 is 0 Å². The predicted molar refractivity (Wildman–Crippen MR) is 82.5 cm³/mol. The highest BCUT2D eigenvalue weighted by Gasteiger charge is 2.15. The van der Waals surface area contributed by atoms with Crippen LogP contribution in [0.25, 0.3) is 0 Å². The Hall–Kier alpha value is -1.63. The van der Waals surface area contributed by atoms with Crippen molar-refractivity contribution < 1.29 is 14.7 Å². The first-order valence-corrected chi connectivity index (χ1v) is 7.98. The number of aryl methyl sites for hydroxylation is 1. The number of nitrogens with one attached hydrogen (secondary N) is 2. The molecule has 0 aliphatic carbocycles. The Labute approximate surface area is 129 Å². The van der Waals surface area contributed by atoms with Crippen LogP contribution >= 0.6 is 11.3 Å². The summed E-state index contributed by atoms with van der Waals surface area (Å²) < 4.78 is 0. The summed E-state index contributed by atoms with van der Waals surface area (Å²) in [4.78, 5) is 28.0. The van der Waals surface area contributed by atoms with Crippen LogP contribution in [-0.2, 0) is 11.2 Å². The number of amides is 2. The normalized spacial score (nSPS) is 13.5. The van der Waals surface area contributed by atoms with E-state index in [4.69, 9.17) is 5.11 Å². The van der Waals surface area contributed by atoms with Gasteiger partial charge in [0.05, 0.1) is 6.04 Å². The van der Waals surface area contributed by atoms with Crippen LogP contribution in [0.5, 0.6) is 0 Å². The Morgan fingerprint density at radius 2 is 2.14 bits per heavy atom. The second kappa shape index (κ2) is 8.61. The lowest BCUT2D eigenvalue weighted by Crippen LogP contribution is -2.39. The largest absolute Gasteiger partial charge is 0.481 e. The van der Waals surface area contributed by atoms with Gasteiger partial charge in [-0.05, 0) is 19.3 Å². The van der Waals surface area contributed by atoms with Gasteiger partial charge in [0.1, 0.15) is 5.01 Å². The van der Waals surface area contributed by atoms with Crippen LogP contribution in [-0.4, -0.2) is 28.6 Å². The lowest BCUT2D eigenvalue weighted by molar-refractivity contribution is -0.138. The van der Waals surface area contributed by atoms with E-state index in [2.05, 4.69) is 22.5 Å². The molecule has 0 radical (unpaired) electrons. The third kappa shape index (κ3) is 6.12. The number of rotatable bonds is 8. The van der Waals surface area contributed by atoms with Gasteiger partial charge >= 0.3 is 12.0 Å². The summed E-state index contributed by atoms with van der Waals surface area (Å²) in [5.41, 5.74) is 0. The molecule has 0 aliphatic heterocycles. The molecule has 2 amide bonds. The number of aromatic nitrogens is 1. The maximum atomic E-state index is 11.8. The van der Waals surface area contributed by atoms with Crippen molar-refractivity contribution in [3.63, 3.8) is 0 Å². The summed E-state index contributed by atoms with van der Waals surface area (Å²) in [6, 6.07) is -0.450. The molecular formula is C14H23N3O3S. The fourth-order valence-electron chi connectivity index (χ4n) is 1.84. The van der Waals surface area contributed by atoms with E-state index in [-0.39, 0.29) is 24.4 Å². The first-order valence-electron chi connectivity index (χ1n) is 7.16. The molecule has 21 heavy (non-hydrogen) atoms. The van der Waals surface area contributed by atoms with Gasteiger partial charge in [-0.3, -0.25) is 4.79 Å². The van der Waals surface area contributed by atoms with Crippen LogP contribution in [0.2, 0.25) is 0 Å². The number of thiazole rings is 1. The van der Waals surface area contributed by atoms with Crippen molar-refractivity contribution in [1.29, 1.82) is 0 Å². The van der Waals surface area contributed by atoms with E-state index in [9.17, 15) is 9.59 Å². The molecule has 0 fully saturated rings. The molecule has 6 nitrogen and oxygen atoms in total. The molecule has 0 saturated heterocycles. The summed E-state index contributed by atoms with van der Waals surface area (Å²) in [6.07, 6.45) is 3.55. The summed E-state index contributed by atoms with van der Waals surface area (Å²) in [5.74, 6) is -0.887. The summed E-state index contributed by atoms with van der Waals surface area (Å²) in [5, 5.41) is 15.2. The number of hydrogen-bond donors (Lipinski definition) is 3. The van der Waals surface area contributed by atoms with Gasteiger partial charge in [-0.25, -0.2) is 9.78 Å². The maximum Gasteiger partial charge on any atom is 0.315 e. The standard InChI is InChI=1S/C14H23N3O3S/c1-4-10(6-12(18)19)7-16-14(20)17-9(3)13-15-8-11(5-2)21-13/h8-10H,4-7H2,1-3H3,(H,18,19)(H2,16,17,20). The fourth-order valence-corrected chi connectivity index (χ4v) is 2.70. The Kier molecular flexibility index (Phi) is 7.14. The Balaban J connectivity index is 2.40. The molecule has 0 aliphatic rings. The third-order valence-electron chi connectivity index (χ3n) is 3.23. The summed E-state index contributed by atoms with van der Waals surface area (Å²) in [7, 11) is 0. The number of nitrogens with zero attached hydrogens (tertiary/aromatic N) is 1. The first-order chi connectivity index (χ1) is 9.96. The zero-order valence-corrected chi connectivity index (χ0v) is 13.5. The third-order valence-corrected chi connectivity index (χ3v) is 4.55. The van der Waals surface area contributed by atoms with Crippen LogP contribution < -0.4 is 10.6 Å². The number of carbonyl (C=O) groups is 2. The molecule has 2 unspecified atom stereocenters. The maximum absolute atomic E-state index is 11.8. The molecular weight excluding hydrogens is 290 g/mol. The van der Waals surface area contributed by atoms with Crippen molar-refractivity contribution in [2.45, 2.75) is 46.1 Å². The number of carbonyl (C=O) groups excluding carboxylic acids is 1. The van der Waals surface area contributed by atoms with Crippen LogP contribution in [0.1, 0.15) is 49.5 Å². The van der Waals surface area contributed by atoms with Crippen LogP contribution in [0, 0.1) is 5.92 Å². The molecule has 3 N–H and O–H groups in total. The van der Waals surface area contributed by atoms with Gasteiger partial charge in [0.15, 0.2) is 0 Å². The lowest BCUT2D eigenvalue weighted by Gasteiger charge is -2.16. The number of carboxylic acids is 1. The highest BCUT2D eigenvalue weighted by Crippen LogP contribution is 2.20. The lowest BCUT2D eigenvalue weighted by atomic mass is 10.0. The van der Waals surface area contributed by atoms with E-state index in [0.717, 1.165) is 11.4 Å². The topological polar surface area (TPSA) is 91.3 Å². The van der Waals surface area contributed by atoms with Gasteiger partial charge < -0.3 is 15.7 Å². The Bertz CT molecular complexity index is 476. The summed E-state index contributed by atoms with van der Waals surface area (Å²) >= 11 is 1.59. The zero-order valence-electron chi connectivity index (χ0n) is 12.7. The minimum Gasteiger partial charge on any atom is -0.481 e. The second-order valence-corrected chi connectivity index (χ2v) is 6.11. The van der Waals surface area contributed by atoms with Gasteiger partial charge in [-0.15, -0.1) is 11.3 Å². The van der Waals surface area contributed by atoms with Crippen LogP contribution in [0.4, 0.5) is 4.79 Å². The van der Waals surface area contributed by atoms with Crippen molar-refractivity contribution in [1.82, 2.24) is 15.6 Å². The monoisotopic (exact) mass is 313 g/mol. The molecule has 0 bridgehead atoms. The quantitative estimate of drug-likeness (QED) is 0.688. The molecule has 2 atom stereocenters. The van der Waals surface area contributed by atoms with Crippen molar-refractivity contribution in [3.8, 4) is 0 Å². The van der Waals surface area contributed by atoms with Gasteiger partial charge in [-0.2, -0.15) is 0 Å². The van der Waals surface area contributed by atoms with Crippen molar-refractivity contribution >= 4 is 23.3 Å². The van der Waals surface area contributed by atoms with E-state index < -0.39 is 5.97 Å². The van der Waals surface area contributed by atoms with Crippen molar-refractivity contribution in [2.75, 3.05) is 6.54 Å². The van der Waals surface area contributed by atoms with Gasteiger partial charge in [0, 0.05) is 24.0 Å². The Morgan fingerprint density at radius 1 is 1.43 bits per heavy atom. The zero-order chi connectivity index (χ0) is 15.8. The second-order valence-electron chi connectivity index (χ2n) is 4.97. The van der Waals surface area contributed by atoms with Crippen LogP contribution in [0.15, 0.2) is 6.20 Å². The van der Waals surface area contributed by atoms with Gasteiger partial charge in [0.25, 0.3) is 0 Å². The molecule has 1 heterocycles. The van der Waals surface area contributed by atoms with Gasteiger partial charge in [0.2, 0.25) is 0 Å². The summed E-state index contributed by atoms with van der Waals surface area (Å²) in [6.45, 7) is 6.22. The Morgan fingerprint density at radius 3 is 2.67 bits per heavy atom. The SMILES string of the molecule is CCc1cnc(C(C)NC(=O)NCC(CC)CC(=O)O)s1. The molecule has 118 valence electrons. The highest BCUT2D eigenvalue weighted by atomic mass is 32.1. The van der Waals surface area contributed by atoms with E-state index in [1.54, 1.807) is 11.3 Å². The molecule has 1 rings (SSSR count). The average molecular weight is 313 g/mol. The smallest absolute Gasteiger partial charge is 0.315 e. The van der Waals surface area contributed by atoms with E-state index in [1.807, 2.05) is 20.0 Å². The van der Waals surface area contributed by atoms with E-state index in [1.165, 1.54) is 4.88 Å². The molecule has 1 aromatic rings. The van der Waals surface area contributed by atoms with Gasteiger partial charge in [-0.1, -0.05) is 20.3 Å². The predicted octanol–water partition coefficient (Wildman–Crippen LogP) is 2.57. The number of aliphatic carboxylic acids is 1. The molecule has 7 heteroatoms. The average Bonchev–Trinajstić information content (AvgIpc) is 2.92. The number of hydrogen-bond acceptors (Lipinski definition) is 4. The molecule has 1 aromatic heterocycles. The number of carboxylic acid groups (broad SMARTS) is 1. The first kappa shape index (κ1) is 17.4. The molecule has 0 saturated carbocycles. The molecule has 0 spiro atoms. The van der Waals surface area contributed by atoms with Crippen LogP contribution in [0.3, 0.4) is 0 Å². The minimum atomic E-state index is -0.840. The molecule has 0 aromatic carbocycles. The highest BCUT2D eigenvalue weighted by molar-refractivity contribution is 7.11. The van der Waals surface area contributed by atoms with E-state index in [0.29, 0.717) is 13.0 Å². The van der Waals surface area contributed by atoms with Crippen molar-refractivity contribution in [3.05, 3.63) is 16.1 Å². The number of urea groups is 1. The van der Waals surface area contributed by atoms with Crippen molar-refractivity contribution in [2.24, 2.45) is 5.92 Å². The fraction of sp³-hybridized carbons (Fsp3) is 0.643. The minimum absolute atomic E-state index is 0.0462.